The van der Waals surface area contributed by atoms with E-state index in [4.69, 9.17) is 4.74 Å². The predicted octanol–water partition coefficient (Wildman–Crippen LogP) is 2.79. The summed E-state index contributed by atoms with van der Waals surface area (Å²) in [5.74, 6) is 0. The topological polar surface area (TPSA) is 49.8 Å². The molecule has 0 aromatic carbocycles. The highest BCUT2D eigenvalue weighted by atomic mass is 16.6. The second kappa shape index (κ2) is 5.47. The van der Waals surface area contributed by atoms with E-state index in [1.165, 1.54) is 0 Å². The number of β-amino-alcohol motifs (C(OH)–C–C–N with tert-alkyl or cyclic N) is 1. The summed E-state index contributed by atoms with van der Waals surface area (Å²) >= 11 is 0. The van der Waals surface area contributed by atoms with Gasteiger partial charge < -0.3 is 14.7 Å². The van der Waals surface area contributed by atoms with Gasteiger partial charge in [0.25, 0.3) is 0 Å². The molecule has 0 radical (unpaired) electrons. The lowest BCUT2D eigenvalue weighted by atomic mass is 9.84. The number of carbonyl (C=O) groups is 1. The summed E-state index contributed by atoms with van der Waals surface area (Å²) in [5, 5.41) is 9.56. The van der Waals surface area contributed by atoms with Crippen molar-refractivity contribution < 1.29 is 14.6 Å². The van der Waals surface area contributed by atoms with Gasteiger partial charge in [-0.25, -0.2) is 4.79 Å². The normalized spacial score (nSPS) is 21.9. The maximum absolute atomic E-state index is 12.0. The molecule has 0 aromatic rings. The van der Waals surface area contributed by atoms with Gasteiger partial charge in [0.2, 0.25) is 0 Å². The van der Waals surface area contributed by atoms with Gasteiger partial charge in [0.05, 0.1) is 6.10 Å². The third-order valence-corrected chi connectivity index (χ3v) is 2.97. The van der Waals surface area contributed by atoms with Crippen LogP contribution >= 0.6 is 0 Å². The van der Waals surface area contributed by atoms with E-state index in [9.17, 15) is 9.90 Å². The molecule has 4 nitrogen and oxygen atoms in total. The molecule has 0 spiro atoms. The Morgan fingerprint density at radius 1 is 1.33 bits per heavy atom. The lowest BCUT2D eigenvalue weighted by molar-refractivity contribution is -0.0222. The number of aliphatic hydroxyl groups is 1. The minimum absolute atomic E-state index is 0.116. The zero-order valence-corrected chi connectivity index (χ0v) is 12.3. The average molecular weight is 257 g/mol. The Balaban J connectivity index is 2.52. The second-order valence-electron chi connectivity index (χ2n) is 7.11. The SMILES string of the molecule is CC(C)(C)CC(C)(C)OC(=O)N1CCC[C@@H](O)C1. The highest BCUT2D eigenvalue weighted by Gasteiger charge is 2.32. The fourth-order valence-electron chi connectivity index (χ4n) is 2.73. The lowest BCUT2D eigenvalue weighted by Gasteiger charge is -2.36. The smallest absolute Gasteiger partial charge is 0.410 e. The Labute approximate surface area is 110 Å². The first-order valence-corrected chi connectivity index (χ1v) is 6.75. The quantitative estimate of drug-likeness (QED) is 0.827. The van der Waals surface area contributed by atoms with E-state index in [-0.39, 0.29) is 11.5 Å². The molecule has 0 unspecified atom stereocenters. The standard InChI is InChI=1S/C14H27NO3/c1-13(2,3)10-14(4,5)18-12(17)15-8-6-7-11(16)9-15/h11,16H,6-10H2,1-5H3/t11-/m1/s1. The molecule has 18 heavy (non-hydrogen) atoms. The van der Waals surface area contributed by atoms with Gasteiger partial charge in [-0.05, 0) is 38.5 Å². The van der Waals surface area contributed by atoms with Crippen LogP contribution in [0.2, 0.25) is 0 Å². The molecule has 1 amide bonds. The maximum Gasteiger partial charge on any atom is 0.410 e. The molecule has 1 rings (SSSR count). The van der Waals surface area contributed by atoms with Crippen molar-refractivity contribution in [3.63, 3.8) is 0 Å². The number of hydrogen-bond donors (Lipinski definition) is 1. The first kappa shape index (κ1) is 15.3. The predicted molar refractivity (Wildman–Crippen MR) is 71.4 cm³/mol. The minimum Gasteiger partial charge on any atom is -0.443 e. The van der Waals surface area contributed by atoms with Crippen LogP contribution in [-0.4, -0.2) is 40.9 Å². The molecule has 1 atom stereocenters. The van der Waals surface area contributed by atoms with Crippen molar-refractivity contribution in [2.45, 2.75) is 65.6 Å². The van der Waals surface area contributed by atoms with Gasteiger partial charge >= 0.3 is 6.09 Å². The van der Waals surface area contributed by atoms with Crippen LogP contribution in [0.25, 0.3) is 0 Å². The summed E-state index contributed by atoms with van der Waals surface area (Å²) in [4.78, 5) is 13.6. The molecular weight excluding hydrogens is 230 g/mol. The molecule has 106 valence electrons. The Kier molecular flexibility index (Phi) is 4.65. The Morgan fingerprint density at radius 2 is 1.94 bits per heavy atom. The number of rotatable bonds is 2. The van der Waals surface area contributed by atoms with E-state index in [2.05, 4.69) is 20.8 Å². The Bertz CT molecular complexity index is 294. The van der Waals surface area contributed by atoms with Crippen molar-refractivity contribution in [1.82, 2.24) is 4.90 Å². The molecule has 4 heteroatoms. The van der Waals surface area contributed by atoms with Crippen LogP contribution in [0, 0.1) is 5.41 Å². The molecule has 0 bridgehead atoms. The fraction of sp³-hybridized carbons (Fsp3) is 0.929. The summed E-state index contributed by atoms with van der Waals surface area (Å²) in [6.07, 6.45) is 1.72. The van der Waals surface area contributed by atoms with Gasteiger partial charge in [-0.2, -0.15) is 0 Å². The largest absolute Gasteiger partial charge is 0.443 e. The van der Waals surface area contributed by atoms with E-state index in [0.29, 0.717) is 13.1 Å². The van der Waals surface area contributed by atoms with Crippen molar-refractivity contribution in [2.75, 3.05) is 13.1 Å². The second-order valence-corrected chi connectivity index (χ2v) is 7.11. The highest BCUT2D eigenvalue weighted by Crippen LogP contribution is 2.30. The zero-order valence-electron chi connectivity index (χ0n) is 12.3. The number of likely N-dealkylation sites (tertiary alicyclic amines) is 1. The van der Waals surface area contributed by atoms with Gasteiger partial charge in [-0.15, -0.1) is 0 Å². The monoisotopic (exact) mass is 257 g/mol. The van der Waals surface area contributed by atoms with Crippen molar-refractivity contribution >= 4 is 6.09 Å². The van der Waals surface area contributed by atoms with Crippen LogP contribution in [0.3, 0.4) is 0 Å². The van der Waals surface area contributed by atoms with Crippen LogP contribution in [0.15, 0.2) is 0 Å². The summed E-state index contributed by atoms with van der Waals surface area (Å²) < 4.78 is 5.58. The van der Waals surface area contributed by atoms with Crippen LogP contribution in [0.1, 0.15) is 53.9 Å². The number of carbonyl (C=O) groups excluding carboxylic acids is 1. The van der Waals surface area contributed by atoms with Crippen LogP contribution in [0.5, 0.6) is 0 Å². The molecule has 0 aliphatic carbocycles. The first-order valence-electron chi connectivity index (χ1n) is 6.75. The lowest BCUT2D eigenvalue weighted by Crippen LogP contribution is -2.45. The van der Waals surface area contributed by atoms with Crippen molar-refractivity contribution in [2.24, 2.45) is 5.41 Å². The molecule has 1 fully saturated rings. The molecule has 1 N–H and O–H groups in total. The van der Waals surface area contributed by atoms with E-state index in [0.717, 1.165) is 19.3 Å². The van der Waals surface area contributed by atoms with E-state index < -0.39 is 11.7 Å². The summed E-state index contributed by atoms with van der Waals surface area (Å²) in [6.45, 7) is 11.4. The molecule has 0 saturated carbocycles. The third-order valence-electron chi connectivity index (χ3n) is 2.97. The highest BCUT2D eigenvalue weighted by molar-refractivity contribution is 5.68. The van der Waals surface area contributed by atoms with Crippen LogP contribution in [0.4, 0.5) is 4.79 Å². The third kappa shape index (κ3) is 5.25. The van der Waals surface area contributed by atoms with Crippen molar-refractivity contribution in [1.29, 1.82) is 0 Å². The summed E-state index contributed by atoms with van der Waals surface area (Å²) in [6, 6.07) is 0. The fourth-order valence-corrected chi connectivity index (χ4v) is 2.73. The van der Waals surface area contributed by atoms with E-state index >= 15 is 0 Å². The number of ether oxygens (including phenoxy) is 1. The molecule has 1 aliphatic heterocycles. The molecule has 1 heterocycles. The molecular formula is C14H27NO3. The summed E-state index contributed by atoms with van der Waals surface area (Å²) in [5.41, 5.74) is -0.358. The van der Waals surface area contributed by atoms with Gasteiger partial charge in [0.1, 0.15) is 5.60 Å². The number of aliphatic hydroxyl groups excluding tert-OH is 1. The molecule has 1 aliphatic rings. The molecule has 0 aromatic heterocycles. The van der Waals surface area contributed by atoms with Gasteiger partial charge in [-0.1, -0.05) is 20.8 Å². The minimum atomic E-state index is -0.474. The van der Waals surface area contributed by atoms with Gasteiger partial charge in [0.15, 0.2) is 0 Å². The number of hydrogen-bond acceptors (Lipinski definition) is 3. The van der Waals surface area contributed by atoms with Gasteiger partial charge in [-0.3, -0.25) is 0 Å². The Morgan fingerprint density at radius 3 is 2.44 bits per heavy atom. The van der Waals surface area contributed by atoms with E-state index in [1.807, 2.05) is 13.8 Å². The number of nitrogens with zero attached hydrogens (tertiary/aromatic N) is 1. The maximum atomic E-state index is 12.0. The van der Waals surface area contributed by atoms with E-state index in [1.54, 1.807) is 4.90 Å². The van der Waals surface area contributed by atoms with Crippen LogP contribution in [-0.2, 0) is 4.74 Å². The first-order chi connectivity index (χ1) is 8.09. The van der Waals surface area contributed by atoms with Gasteiger partial charge in [0, 0.05) is 13.1 Å². The van der Waals surface area contributed by atoms with Crippen LogP contribution < -0.4 is 0 Å². The Hall–Kier alpha value is -0.770. The summed E-state index contributed by atoms with van der Waals surface area (Å²) in [7, 11) is 0. The number of piperidine rings is 1. The number of amides is 1. The van der Waals surface area contributed by atoms with Crippen molar-refractivity contribution in [3.05, 3.63) is 0 Å². The zero-order chi connectivity index (χ0) is 14.0. The van der Waals surface area contributed by atoms with Crippen molar-refractivity contribution in [3.8, 4) is 0 Å². The average Bonchev–Trinajstić information content (AvgIpc) is 2.12. The molecule has 1 saturated heterocycles.